The lowest BCUT2D eigenvalue weighted by Gasteiger charge is -2.22. The van der Waals surface area contributed by atoms with E-state index in [2.05, 4.69) is 17.6 Å². The average molecular weight is 401 g/mol. The minimum Gasteiger partial charge on any atom is -0.322 e. The lowest BCUT2D eigenvalue weighted by molar-refractivity contribution is -0.133. The molecule has 1 atom stereocenters. The van der Waals surface area contributed by atoms with Crippen LogP contribution in [0.25, 0.3) is 0 Å². The molecule has 0 saturated carbocycles. The fourth-order valence-corrected chi connectivity index (χ4v) is 3.25. The SMILES string of the molecule is CCCc1ccc(C2(C)NC(=O)N(CC(=O)Nc3ccc(F)cc3F)C2=O)cc1. The Labute approximate surface area is 166 Å². The quantitative estimate of drug-likeness (QED) is 0.729. The number of rotatable bonds is 6. The highest BCUT2D eigenvalue weighted by atomic mass is 19.1. The minimum atomic E-state index is -1.30. The Morgan fingerprint density at radius 1 is 1.14 bits per heavy atom. The summed E-state index contributed by atoms with van der Waals surface area (Å²) in [5, 5.41) is 4.86. The normalized spacial score (nSPS) is 18.7. The summed E-state index contributed by atoms with van der Waals surface area (Å²) in [5.41, 5.74) is 0.179. The van der Waals surface area contributed by atoms with Crippen molar-refractivity contribution in [3.05, 3.63) is 65.2 Å². The zero-order valence-corrected chi connectivity index (χ0v) is 16.1. The second-order valence-electron chi connectivity index (χ2n) is 7.07. The van der Waals surface area contributed by atoms with Crippen LogP contribution >= 0.6 is 0 Å². The van der Waals surface area contributed by atoms with E-state index in [1.54, 1.807) is 19.1 Å². The number of carbonyl (C=O) groups excluding carboxylic acids is 3. The summed E-state index contributed by atoms with van der Waals surface area (Å²) in [6.07, 6.45) is 1.90. The second kappa shape index (κ2) is 7.98. The highest BCUT2D eigenvalue weighted by molar-refractivity contribution is 6.10. The number of nitrogens with one attached hydrogen (secondary N) is 2. The Morgan fingerprint density at radius 3 is 2.45 bits per heavy atom. The third-order valence-corrected chi connectivity index (χ3v) is 4.85. The Morgan fingerprint density at radius 2 is 1.83 bits per heavy atom. The number of amides is 4. The first-order chi connectivity index (χ1) is 13.7. The van der Waals surface area contributed by atoms with Gasteiger partial charge in [-0.2, -0.15) is 0 Å². The largest absolute Gasteiger partial charge is 0.325 e. The third kappa shape index (κ3) is 4.11. The van der Waals surface area contributed by atoms with E-state index in [0.29, 0.717) is 11.6 Å². The second-order valence-corrected chi connectivity index (χ2v) is 7.07. The fourth-order valence-electron chi connectivity index (χ4n) is 3.25. The number of imide groups is 1. The molecule has 2 aromatic rings. The summed E-state index contributed by atoms with van der Waals surface area (Å²) in [5.74, 6) is -3.09. The van der Waals surface area contributed by atoms with Crippen LogP contribution in [0.1, 0.15) is 31.4 Å². The fraction of sp³-hybridized carbons (Fsp3) is 0.286. The molecule has 152 valence electrons. The van der Waals surface area contributed by atoms with Gasteiger partial charge in [0.05, 0.1) is 5.69 Å². The van der Waals surface area contributed by atoms with E-state index in [1.165, 1.54) is 0 Å². The number of nitrogens with zero attached hydrogens (tertiary/aromatic N) is 1. The van der Waals surface area contributed by atoms with Crippen LogP contribution in [0.5, 0.6) is 0 Å². The number of carbonyl (C=O) groups is 3. The summed E-state index contributed by atoms with van der Waals surface area (Å²) in [6, 6.07) is 9.32. The third-order valence-electron chi connectivity index (χ3n) is 4.85. The van der Waals surface area contributed by atoms with Crippen molar-refractivity contribution in [2.24, 2.45) is 0 Å². The van der Waals surface area contributed by atoms with Crippen molar-refractivity contribution in [2.75, 3.05) is 11.9 Å². The van der Waals surface area contributed by atoms with Gasteiger partial charge in [0.2, 0.25) is 5.91 Å². The van der Waals surface area contributed by atoms with E-state index in [9.17, 15) is 23.2 Å². The van der Waals surface area contributed by atoms with E-state index < -0.39 is 41.6 Å². The van der Waals surface area contributed by atoms with Gasteiger partial charge in [-0.3, -0.25) is 14.5 Å². The molecule has 4 amide bonds. The average Bonchev–Trinajstić information content (AvgIpc) is 2.89. The predicted octanol–water partition coefficient (Wildman–Crippen LogP) is 3.32. The van der Waals surface area contributed by atoms with Crippen molar-refractivity contribution in [2.45, 2.75) is 32.2 Å². The van der Waals surface area contributed by atoms with Gasteiger partial charge >= 0.3 is 6.03 Å². The van der Waals surface area contributed by atoms with Crippen molar-refractivity contribution in [3.8, 4) is 0 Å². The molecule has 6 nitrogen and oxygen atoms in total. The molecule has 1 aliphatic rings. The Bertz CT molecular complexity index is 962. The number of hydrogen-bond acceptors (Lipinski definition) is 3. The molecule has 1 aliphatic heterocycles. The van der Waals surface area contributed by atoms with Gasteiger partial charge in [-0.05, 0) is 36.6 Å². The number of anilines is 1. The maximum atomic E-state index is 13.7. The van der Waals surface area contributed by atoms with Gasteiger partial charge in [0, 0.05) is 6.07 Å². The first kappa shape index (κ1) is 20.4. The number of hydrogen-bond donors (Lipinski definition) is 2. The predicted molar refractivity (Wildman–Crippen MR) is 103 cm³/mol. The zero-order valence-electron chi connectivity index (χ0n) is 16.1. The van der Waals surface area contributed by atoms with E-state index >= 15 is 0 Å². The van der Waals surface area contributed by atoms with Crippen molar-refractivity contribution >= 4 is 23.5 Å². The van der Waals surface area contributed by atoms with Gasteiger partial charge < -0.3 is 10.6 Å². The standard InChI is InChI=1S/C21H21F2N3O3/c1-3-4-13-5-7-14(8-6-13)21(2)19(28)26(20(29)25-21)12-18(27)24-17-10-9-15(22)11-16(17)23/h5-11H,3-4,12H2,1-2H3,(H,24,27)(H,25,29). The van der Waals surface area contributed by atoms with E-state index in [4.69, 9.17) is 0 Å². The number of halogens is 2. The van der Waals surface area contributed by atoms with Crippen LogP contribution in [0.4, 0.5) is 19.3 Å². The number of aryl methyl sites for hydroxylation is 1. The van der Waals surface area contributed by atoms with Gasteiger partial charge in [0.25, 0.3) is 5.91 Å². The molecule has 0 radical (unpaired) electrons. The summed E-state index contributed by atoms with van der Waals surface area (Å²) in [6.45, 7) is 3.04. The maximum Gasteiger partial charge on any atom is 0.325 e. The molecular formula is C21H21F2N3O3. The van der Waals surface area contributed by atoms with Gasteiger partial charge in [0.15, 0.2) is 0 Å². The first-order valence-corrected chi connectivity index (χ1v) is 9.23. The summed E-state index contributed by atoms with van der Waals surface area (Å²) < 4.78 is 26.7. The van der Waals surface area contributed by atoms with Gasteiger partial charge in [-0.1, -0.05) is 37.6 Å². The molecule has 1 unspecified atom stereocenters. The molecule has 29 heavy (non-hydrogen) atoms. The number of benzene rings is 2. The molecule has 1 heterocycles. The first-order valence-electron chi connectivity index (χ1n) is 9.23. The lowest BCUT2D eigenvalue weighted by Crippen LogP contribution is -2.42. The summed E-state index contributed by atoms with van der Waals surface area (Å²) in [4.78, 5) is 38.2. The highest BCUT2D eigenvalue weighted by Crippen LogP contribution is 2.29. The van der Waals surface area contributed by atoms with Crippen LogP contribution < -0.4 is 10.6 Å². The van der Waals surface area contributed by atoms with Crippen molar-refractivity contribution in [1.29, 1.82) is 0 Å². The van der Waals surface area contributed by atoms with Crippen LogP contribution in [0.3, 0.4) is 0 Å². The monoisotopic (exact) mass is 401 g/mol. The Kier molecular flexibility index (Phi) is 5.63. The molecule has 0 aliphatic carbocycles. The van der Waals surface area contributed by atoms with Crippen LogP contribution in [-0.4, -0.2) is 29.3 Å². The van der Waals surface area contributed by atoms with Gasteiger partial charge in [-0.25, -0.2) is 13.6 Å². The van der Waals surface area contributed by atoms with E-state index in [0.717, 1.165) is 35.4 Å². The van der Waals surface area contributed by atoms with E-state index in [-0.39, 0.29) is 5.69 Å². The topological polar surface area (TPSA) is 78.5 Å². The van der Waals surface area contributed by atoms with Crippen molar-refractivity contribution in [1.82, 2.24) is 10.2 Å². The molecule has 0 spiro atoms. The molecule has 2 N–H and O–H groups in total. The minimum absolute atomic E-state index is 0.238. The Balaban J connectivity index is 1.73. The summed E-state index contributed by atoms with van der Waals surface area (Å²) in [7, 11) is 0. The van der Waals surface area contributed by atoms with Gasteiger partial charge in [-0.15, -0.1) is 0 Å². The molecular weight excluding hydrogens is 380 g/mol. The van der Waals surface area contributed by atoms with Crippen LogP contribution in [0, 0.1) is 11.6 Å². The Hall–Kier alpha value is -3.29. The molecule has 0 aromatic heterocycles. The molecule has 0 bridgehead atoms. The van der Waals surface area contributed by atoms with Crippen LogP contribution in [0.2, 0.25) is 0 Å². The zero-order chi connectivity index (χ0) is 21.2. The molecule has 1 saturated heterocycles. The molecule has 2 aromatic carbocycles. The van der Waals surface area contributed by atoms with Gasteiger partial charge in [0.1, 0.15) is 23.7 Å². The summed E-state index contributed by atoms with van der Waals surface area (Å²) >= 11 is 0. The lowest BCUT2D eigenvalue weighted by atomic mass is 9.91. The number of urea groups is 1. The molecule has 1 fully saturated rings. The van der Waals surface area contributed by atoms with Crippen LogP contribution in [-0.2, 0) is 21.5 Å². The maximum absolute atomic E-state index is 13.7. The highest BCUT2D eigenvalue weighted by Gasteiger charge is 2.49. The van der Waals surface area contributed by atoms with Crippen LogP contribution in [0.15, 0.2) is 42.5 Å². The van der Waals surface area contributed by atoms with Crippen molar-refractivity contribution in [3.63, 3.8) is 0 Å². The molecule has 3 rings (SSSR count). The van der Waals surface area contributed by atoms with Crippen molar-refractivity contribution < 1.29 is 23.2 Å². The molecule has 8 heteroatoms. The van der Waals surface area contributed by atoms with E-state index in [1.807, 2.05) is 12.1 Å². The smallest absolute Gasteiger partial charge is 0.322 e.